The molecule has 0 aliphatic carbocycles. The first-order chi connectivity index (χ1) is 5.55. The molecular weight excluding hydrogens is 168 g/mol. The highest BCUT2D eigenvalue weighted by atomic mass is 19.3. The highest BCUT2D eigenvalue weighted by molar-refractivity contribution is 4.99. The van der Waals surface area contributed by atoms with E-state index < -0.39 is 19.1 Å². The van der Waals surface area contributed by atoms with Crippen molar-refractivity contribution in [2.24, 2.45) is 5.73 Å². The van der Waals surface area contributed by atoms with Crippen molar-refractivity contribution in [3.8, 4) is 0 Å². The van der Waals surface area contributed by atoms with E-state index in [1.807, 2.05) is 0 Å². The van der Waals surface area contributed by atoms with E-state index in [1.54, 1.807) is 6.92 Å². The van der Waals surface area contributed by atoms with Gasteiger partial charge in [-0.05, 0) is 0 Å². The van der Waals surface area contributed by atoms with E-state index in [0.717, 1.165) is 0 Å². The molecule has 0 saturated heterocycles. The van der Waals surface area contributed by atoms with Crippen LogP contribution in [0.25, 0.3) is 0 Å². The second-order valence-electron chi connectivity index (χ2n) is 2.57. The van der Waals surface area contributed by atoms with Gasteiger partial charge in [0.2, 0.25) is 5.88 Å². The first kappa shape index (κ1) is 9.09. The lowest BCUT2D eigenvalue weighted by molar-refractivity contribution is -0.0864. The van der Waals surface area contributed by atoms with Crippen LogP contribution >= 0.6 is 0 Å². The Morgan fingerprint density at radius 3 is 2.58 bits per heavy atom. The van der Waals surface area contributed by atoms with Gasteiger partial charge in [0.15, 0.2) is 19.0 Å². The van der Waals surface area contributed by atoms with Crippen molar-refractivity contribution in [1.82, 2.24) is 0 Å². The highest BCUT2D eigenvalue weighted by Gasteiger charge is 2.34. The summed E-state index contributed by atoms with van der Waals surface area (Å²) in [6, 6.07) is 0. The molecule has 0 saturated carbocycles. The molecular formula is C7H11F2NO2. The molecule has 0 radical (unpaired) electrons. The van der Waals surface area contributed by atoms with Gasteiger partial charge in [-0.2, -0.15) is 8.78 Å². The van der Waals surface area contributed by atoms with Crippen molar-refractivity contribution >= 4 is 0 Å². The first-order valence-corrected chi connectivity index (χ1v) is 3.67. The van der Waals surface area contributed by atoms with Crippen molar-refractivity contribution in [1.29, 1.82) is 0 Å². The van der Waals surface area contributed by atoms with Gasteiger partial charge in [-0.25, -0.2) is 0 Å². The molecule has 0 spiro atoms. The fourth-order valence-electron chi connectivity index (χ4n) is 0.846. The van der Waals surface area contributed by atoms with Crippen LogP contribution in [-0.4, -0.2) is 19.1 Å². The van der Waals surface area contributed by atoms with E-state index in [0.29, 0.717) is 12.2 Å². The minimum Gasteiger partial charge on any atom is -0.486 e. The summed E-state index contributed by atoms with van der Waals surface area (Å²) in [4.78, 5) is 0. The van der Waals surface area contributed by atoms with Gasteiger partial charge in [0, 0.05) is 6.42 Å². The topological polar surface area (TPSA) is 44.5 Å². The molecule has 0 aromatic rings. The van der Waals surface area contributed by atoms with E-state index >= 15 is 0 Å². The maximum atomic E-state index is 12.6. The van der Waals surface area contributed by atoms with Crippen LogP contribution in [0.5, 0.6) is 0 Å². The van der Waals surface area contributed by atoms with Gasteiger partial charge in [0.25, 0.3) is 0 Å². The second-order valence-corrected chi connectivity index (χ2v) is 2.57. The third kappa shape index (κ3) is 1.99. The van der Waals surface area contributed by atoms with Gasteiger partial charge < -0.3 is 15.2 Å². The Kier molecular flexibility index (Phi) is 2.40. The van der Waals surface area contributed by atoms with Crippen molar-refractivity contribution < 1.29 is 18.3 Å². The summed E-state index contributed by atoms with van der Waals surface area (Å²) in [5.74, 6) is -2.68. The van der Waals surface area contributed by atoms with Crippen LogP contribution in [-0.2, 0) is 9.47 Å². The molecule has 70 valence electrons. The van der Waals surface area contributed by atoms with Crippen molar-refractivity contribution in [3.05, 3.63) is 11.6 Å². The Bertz CT molecular complexity index is 204. The van der Waals surface area contributed by atoms with Gasteiger partial charge in [-0.15, -0.1) is 0 Å². The number of rotatable bonds is 1. The Morgan fingerprint density at radius 2 is 2.00 bits per heavy atom. The third-order valence-corrected chi connectivity index (χ3v) is 1.49. The monoisotopic (exact) mass is 179 g/mol. The molecule has 3 nitrogen and oxygen atoms in total. The molecule has 0 unspecified atom stereocenters. The zero-order valence-electron chi connectivity index (χ0n) is 6.77. The predicted octanol–water partition coefficient (Wildman–Crippen LogP) is 1.21. The van der Waals surface area contributed by atoms with Crippen LogP contribution in [0.4, 0.5) is 8.78 Å². The average molecular weight is 179 g/mol. The summed E-state index contributed by atoms with van der Waals surface area (Å²) >= 11 is 0. The Morgan fingerprint density at radius 1 is 1.42 bits per heavy atom. The quantitative estimate of drug-likeness (QED) is 0.657. The fourth-order valence-corrected chi connectivity index (χ4v) is 0.846. The Labute approximate surface area is 69.1 Å². The number of halogens is 2. The minimum absolute atomic E-state index is 0.0327. The lowest BCUT2D eigenvalue weighted by atomic mass is 10.4. The summed E-state index contributed by atoms with van der Waals surface area (Å²) in [5, 5.41) is 0. The molecule has 1 heterocycles. The number of ether oxygens (including phenoxy) is 2. The standard InChI is InChI=1S/C7H11F2NO2/c1-2-5-6(10)12-4-7(8,9)3-11-5/h2-4,10H2,1H3. The molecule has 1 aliphatic rings. The number of hydrogen-bond donors (Lipinski definition) is 1. The molecule has 0 amide bonds. The van der Waals surface area contributed by atoms with E-state index in [2.05, 4.69) is 4.74 Å². The number of alkyl halides is 2. The van der Waals surface area contributed by atoms with E-state index in [4.69, 9.17) is 10.5 Å². The summed E-state index contributed by atoms with van der Waals surface area (Å²) in [7, 11) is 0. The van der Waals surface area contributed by atoms with Gasteiger partial charge in [0.05, 0.1) is 0 Å². The largest absolute Gasteiger partial charge is 0.486 e. The molecule has 5 heteroatoms. The summed E-state index contributed by atoms with van der Waals surface area (Å²) < 4.78 is 34.6. The van der Waals surface area contributed by atoms with Crippen LogP contribution in [0, 0.1) is 0 Å². The van der Waals surface area contributed by atoms with E-state index in [-0.39, 0.29) is 5.88 Å². The molecule has 0 fully saturated rings. The lowest BCUT2D eigenvalue weighted by Gasteiger charge is -2.11. The van der Waals surface area contributed by atoms with Gasteiger partial charge >= 0.3 is 5.92 Å². The Balaban J connectivity index is 2.67. The fraction of sp³-hybridized carbons (Fsp3) is 0.714. The molecule has 0 atom stereocenters. The SMILES string of the molecule is CCC1=C(N)OCC(F)(F)CO1. The maximum Gasteiger partial charge on any atom is 0.314 e. The molecule has 0 aromatic heterocycles. The van der Waals surface area contributed by atoms with E-state index in [9.17, 15) is 8.78 Å². The van der Waals surface area contributed by atoms with Crippen LogP contribution < -0.4 is 5.73 Å². The number of hydrogen-bond acceptors (Lipinski definition) is 3. The molecule has 0 bridgehead atoms. The summed E-state index contributed by atoms with van der Waals surface area (Å²) in [6.07, 6.45) is 0.460. The van der Waals surface area contributed by atoms with Crippen molar-refractivity contribution in [2.45, 2.75) is 19.3 Å². The third-order valence-electron chi connectivity index (χ3n) is 1.49. The summed E-state index contributed by atoms with van der Waals surface area (Å²) in [5.41, 5.74) is 5.31. The average Bonchev–Trinajstić information content (AvgIpc) is 2.13. The molecule has 1 rings (SSSR count). The maximum absolute atomic E-state index is 12.6. The molecule has 1 aliphatic heterocycles. The number of allylic oxidation sites excluding steroid dienone is 1. The first-order valence-electron chi connectivity index (χ1n) is 3.67. The van der Waals surface area contributed by atoms with Crippen LogP contribution in [0.1, 0.15) is 13.3 Å². The van der Waals surface area contributed by atoms with E-state index in [1.165, 1.54) is 0 Å². The highest BCUT2D eigenvalue weighted by Crippen LogP contribution is 2.22. The van der Waals surface area contributed by atoms with Crippen molar-refractivity contribution in [2.75, 3.05) is 13.2 Å². The minimum atomic E-state index is -2.94. The smallest absolute Gasteiger partial charge is 0.314 e. The zero-order chi connectivity index (χ0) is 9.19. The summed E-state index contributed by atoms with van der Waals surface area (Å²) in [6.45, 7) is 0.397. The lowest BCUT2D eigenvalue weighted by Crippen LogP contribution is -2.27. The Hall–Kier alpha value is -1.00. The molecule has 0 aromatic carbocycles. The van der Waals surface area contributed by atoms with Crippen LogP contribution in [0.2, 0.25) is 0 Å². The van der Waals surface area contributed by atoms with Gasteiger partial charge in [-0.1, -0.05) is 6.92 Å². The van der Waals surface area contributed by atoms with Crippen LogP contribution in [0.15, 0.2) is 11.6 Å². The molecule has 12 heavy (non-hydrogen) atoms. The zero-order valence-corrected chi connectivity index (χ0v) is 6.77. The number of nitrogens with two attached hydrogens (primary N) is 1. The molecule has 2 N–H and O–H groups in total. The van der Waals surface area contributed by atoms with Crippen LogP contribution in [0.3, 0.4) is 0 Å². The predicted molar refractivity (Wildman–Crippen MR) is 38.4 cm³/mol. The van der Waals surface area contributed by atoms with Gasteiger partial charge in [-0.3, -0.25) is 0 Å². The van der Waals surface area contributed by atoms with Gasteiger partial charge in [0.1, 0.15) is 0 Å². The second kappa shape index (κ2) is 3.16. The van der Waals surface area contributed by atoms with Crippen molar-refractivity contribution in [3.63, 3.8) is 0 Å². The normalized spacial score (nSPS) is 22.6.